The molecule has 0 aliphatic rings. The van der Waals surface area contributed by atoms with Crippen molar-refractivity contribution in [3.05, 3.63) is 63.7 Å². The summed E-state index contributed by atoms with van der Waals surface area (Å²) in [5.41, 5.74) is -1.76. The number of nitro benzene ring substituents is 1. The Labute approximate surface area is 153 Å². The molecule has 0 N–H and O–H groups in total. The van der Waals surface area contributed by atoms with Crippen LogP contribution in [-0.4, -0.2) is 31.8 Å². The zero-order chi connectivity index (χ0) is 20.4. The summed E-state index contributed by atoms with van der Waals surface area (Å²) in [5.74, 6) is -0.135. The molecule has 2 aromatic carbocycles. The topological polar surface area (TPSA) is 89.8 Å². The monoisotopic (exact) mass is 404 g/mol. The fourth-order valence-electron chi connectivity index (χ4n) is 2.41. The minimum atomic E-state index is -4.64. The van der Waals surface area contributed by atoms with Crippen molar-refractivity contribution >= 4 is 15.7 Å². The van der Waals surface area contributed by atoms with Gasteiger partial charge in [0, 0.05) is 19.7 Å². The summed E-state index contributed by atoms with van der Waals surface area (Å²) in [6, 6.07) is 7.60. The summed E-state index contributed by atoms with van der Waals surface area (Å²) < 4.78 is 70.1. The van der Waals surface area contributed by atoms with Crippen molar-refractivity contribution in [1.29, 1.82) is 0 Å². The second-order valence-corrected chi connectivity index (χ2v) is 7.55. The summed E-state index contributed by atoms with van der Waals surface area (Å²) in [6.45, 7) is -0.558. The second kappa shape index (κ2) is 7.53. The largest absolute Gasteiger partial charge is 0.490 e. The Morgan fingerprint density at radius 2 is 1.81 bits per heavy atom. The third-order valence-corrected chi connectivity index (χ3v) is 5.57. The van der Waals surface area contributed by atoms with Crippen LogP contribution >= 0.6 is 0 Å². The molecule has 0 atom stereocenters. The van der Waals surface area contributed by atoms with Crippen LogP contribution in [0.3, 0.4) is 0 Å². The number of hydrogen-bond acceptors (Lipinski definition) is 5. The smallest absolute Gasteiger partial charge is 0.416 e. The van der Waals surface area contributed by atoms with Gasteiger partial charge in [0.25, 0.3) is 0 Å². The fourth-order valence-corrected chi connectivity index (χ4v) is 3.58. The number of nitrogens with zero attached hydrogens (tertiary/aromatic N) is 2. The molecule has 11 heteroatoms. The first kappa shape index (κ1) is 20.6. The number of nitro groups is 1. The molecule has 0 saturated carbocycles. The first-order valence-corrected chi connectivity index (χ1v) is 8.86. The number of sulfonamides is 1. The molecule has 0 radical (unpaired) electrons. The van der Waals surface area contributed by atoms with E-state index in [1.165, 1.54) is 25.3 Å². The molecule has 0 aromatic heterocycles. The van der Waals surface area contributed by atoms with Gasteiger partial charge in [0.2, 0.25) is 10.0 Å². The van der Waals surface area contributed by atoms with Crippen LogP contribution in [0.2, 0.25) is 0 Å². The lowest BCUT2D eigenvalue weighted by molar-refractivity contribution is -0.386. The van der Waals surface area contributed by atoms with Crippen LogP contribution in [0.4, 0.5) is 18.9 Å². The molecule has 2 aromatic rings. The van der Waals surface area contributed by atoms with Crippen LogP contribution < -0.4 is 4.74 Å². The normalized spacial score (nSPS) is 12.2. The molecule has 0 fully saturated rings. The summed E-state index contributed by atoms with van der Waals surface area (Å²) in [6.07, 6.45) is -4.64. The molecule has 0 bridgehead atoms. The molecule has 27 heavy (non-hydrogen) atoms. The molecular formula is C16H15F3N2O5S. The van der Waals surface area contributed by atoms with Gasteiger partial charge in [0.05, 0.1) is 22.5 Å². The van der Waals surface area contributed by atoms with Gasteiger partial charge in [-0.1, -0.05) is 18.2 Å². The molecular weight excluding hydrogens is 389 g/mol. The average Bonchev–Trinajstić information content (AvgIpc) is 2.60. The highest BCUT2D eigenvalue weighted by Crippen LogP contribution is 2.34. The summed E-state index contributed by atoms with van der Waals surface area (Å²) >= 11 is 0. The molecule has 0 heterocycles. The van der Waals surface area contributed by atoms with Gasteiger partial charge in [-0.25, -0.2) is 8.42 Å². The maximum atomic E-state index is 13.1. The Hall–Kier alpha value is -2.66. The zero-order valence-corrected chi connectivity index (χ0v) is 15.0. The predicted molar refractivity (Wildman–Crippen MR) is 89.7 cm³/mol. The van der Waals surface area contributed by atoms with Gasteiger partial charge in [-0.15, -0.1) is 0 Å². The molecule has 0 aliphatic carbocycles. The van der Waals surface area contributed by atoms with Gasteiger partial charge in [-0.2, -0.15) is 17.5 Å². The van der Waals surface area contributed by atoms with Crippen LogP contribution in [0.5, 0.6) is 5.75 Å². The number of benzene rings is 2. The quantitative estimate of drug-likeness (QED) is 0.543. The molecule has 7 nitrogen and oxygen atoms in total. The number of ether oxygens (including phenoxy) is 1. The minimum Gasteiger partial charge on any atom is -0.490 e. The number of rotatable bonds is 6. The highest BCUT2D eigenvalue weighted by atomic mass is 32.2. The predicted octanol–water partition coefficient (Wildman–Crippen LogP) is 3.44. The highest BCUT2D eigenvalue weighted by Gasteiger charge is 2.34. The molecule has 0 aliphatic heterocycles. The van der Waals surface area contributed by atoms with E-state index < -0.39 is 43.8 Å². The van der Waals surface area contributed by atoms with E-state index >= 15 is 0 Å². The number of methoxy groups -OCH3 is 1. The van der Waals surface area contributed by atoms with E-state index in [1.807, 2.05) is 0 Å². The lowest BCUT2D eigenvalue weighted by Crippen LogP contribution is -2.27. The fraction of sp³-hybridized carbons (Fsp3) is 0.250. The Morgan fingerprint density at radius 1 is 1.19 bits per heavy atom. The zero-order valence-electron chi connectivity index (χ0n) is 14.2. The lowest BCUT2D eigenvalue weighted by atomic mass is 10.1. The van der Waals surface area contributed by atoms with Crippen molar-refractivity contribution in [1.82, 2.24) is 4.31 Å². The SMILES string of the molecule is COc1ccc(S(=O)(=O)N(C)Cc2ccccc2C(F)(F)F)cc1[N+](=O)[O-]. The number of alkyl halides is 3. The Bertz CT molecular complexity index is 961. The van der Waals surface area contributed by atoms with Crippen LogP contribution in [0.15, 0.2) is 47.4 Å². The van der Waals surface area contributed by atoms with Crippen LogP contribution in [0, 0.1) is 10.1 Å². The molecule has 0 spiro atoms. The highest BCUT2D eigenvalue weighted by molar-refractivity contribution is 7.89. The van der Waals surface area contributed by atoms with Crippen molar-refractivity contribution in [3.63, 3.8) is 0 Å². The Morgan fingerprint density at radius 3 is 2.37 bits per heavy atom. The molecule has 146 valence electrons. The Kier molecular flexibility index (Phi) is 5.76. The number of halogens is 3. The van der Waals surface area contributed by atoms with Crippen molar-refractivity contribution in [3.8, 4) is 5.75 Å². The third-order valence-electron chi connectivity index (χ3n) is 3.77. The Balaban J connectivity index is 2.41. The van der Waals surface area contributed by atoms with Crippen molar-refractivity contribution in [2.75, 3.05) is 14.2 Å². The lowest BCUT2D eigenvalue weighted by Gasteiger charge is -2.20. The first-order chi connectivity index (χ1) is 12.5. The third kappa shape index (κ3) is 4.37. The van der Waals surface area contributed by atoms with E-state index in [0.29, 0.717) is 4.31 Å². The van der Waals surface area contributed by atoms with Gasteiger partial charge < -0.3 is 4.74 Å². The molecule has 0 saturated heterocycles. The van der Waals surface area contributed by atoms with Gasteiger partial charge >= 0.3 is 11.9 Å². The molecule has 2 rings (SSSR count). The number of hydrogen-bond donors (Lipinski definition) is 0. The maximum absolute atomic E-state index is 13.1. The summed E-state index contributed by atoms with van der Waals surface area (Å²) in [7, 11) is -1.99. The second-order valence-electron chi connectivity index (χ2n) is 5.51. The summed E-state index contributed by atoms with van der Waals surface area (Å²) in [5, 5.41) is 11.1. The van der Waals surface area contributed by atoms with Crippen molar-refractivity contribution in [2.24, 2.45) is 0 Å². The van der Waals surface area contributed by atoms with Gasteiger partial charge in [-0.3, -0.25) is 10.1 Å². The standard InChI is InChI=1S/C16H15F3N2O5S/c1-20(10-11-5-3-4-6-13(11)16(17,18)19)27(24,25)12-7-8-15(26-2)14(9-12)21(22)23/h3-9H,10H2,1-2H3. The molecule has 0 amide bonds. The van der Waals surface area contributed by atoms with E-state index in [2.05, 4.69) is 0 Å². The maximum Gasteiger partial charge on any atom is 0.416 e. The summed E-state index contributed by atoms with van der Waals surface area (Å²) in [4.78, 5) is 9.83. The van der Waals surface area contributed by atoms with E-state index in [-0.39, 0.29) is 11.3 Å². The van der Waals surface area contributed by atoms with Crippen LogP contribution in [-0.2, 0) is 22.7 Å². The van der Waals surface area contributed by atoms with E-state index in [4.69, 9.17) is 4.74 Å². The van der Waals surface area contributed by atoms with Crippen LogP contribution in [0.25, 0.3) is 0 Å². The van der Waals surface area contributed by atoms with Crippen molar-refractivity contribution in [2.45, 2.75) is 17.6 Å². The van der Waals surface area contributed by atoms with Gasteiger partial charge in [0.1, 0.15) is 0 Å². The van der Waals surface area contributed by atoms with Gasteiger partial charge in [0.15, 0.2) is 5.75 Å². The van der Waals surface area contributed by atoms with Crippen molar-refractivity contribution < 1.29 is 31.2 Å². The molecule has 0 unspecified atom stereocenters. The van der Waals surface area contributed by atoms with E-state index in [1.54, 1.807) is 0 Å². The van der Waals surface area contributed by atoms with E-state index in [9.17, 15) is 31.7 Å². The van der Waals surface area contributed by atoms with Crippen LogP contribution in [0.1, 0.15) is 11.1 Å². The average molecular weight is 404 g/mol. The first-order valence-electron chi connectivity index (χ1n) is 7.42. The van der Waals surface area contributed by atoms with E-state index in [0.717, 1.165) is 31.3 Å². The van der Waals surface area contributed by atoms with Gasteiger partial charge in [-0.05, 0) is 23.8 Å². The minimum absolute atomic E-state index is 0.135.